The van der Waals surface area contributed by atoms with Gasteiger partial charge in [0.1, 0.15) is 18.3 Å². The van der Waals surface area contributed by atoms with Crippen LogP contribution in [0.15, 0.2) is 0 Å². The van der Waals surface area contributed by atoms with E-state index in [1.54, 1.807) is 0 Å². The molecule has 0 heterocycles. The van der Waals surface area contributed by atoms with Crippen molar-refractivity contribution in [3.8, 4) is 0 Å². The highest BCUT2D eigenvalue weighted by atomic mass is 16.6. The zero-order valence-corrected chi connectivity index (χ0v) is 11.1. The Bertz CT molecular complexity index is 261. The first kappa shape index (κ1) is 16.9. The van der Waals surface area contributed by atoms with Gasteiger partial charge in [0.2, 0.25) is 0 Å². The van der Waals surface area contributed by atoms with Crippen LogP contribution >= 0.6 is 0 Å². The van der Waals surface area contributed by atoms with Gasteiger partial charge in [0, 0.05) is 0 Å². The van der Waals surface area contributed by atoms with E-state index in [9.17, 15) is 9.59 Å². The summed E-state index contributed by atoms with van der Waals surface area (Å²) >= 11 is 0. The molecule has 0 radical (unpaired) electrons. The lowest BCUT2D eigenvalue weighted by Crippen LogP contribution is -2.26. The summed E-state index contributed by atoms with van der Waals surface area (Å²) in [7, 11) is 0. The molecule has 6 nitrogen and oxygen atoms in total. The number of hydrogen-bond acceptors (Lipinski definition) is 6. The van der Waals surface area contributed by atoms with Gasteiger partial charge in [0.15, 0.2) is 0 Å². The SMILES string of the molecule is CCC(CCCOC(=O)C(C)O)OC(=O)C(C)O. The highest BCUT2D eigenvalue weighted by Gasteiger charge is 2.17. The number of aliphatic hydroxyl groups excluding tert-OH is 2. The monoisotopic (exact) mass is 262 g/mol. The Kier molecular flexibility index (Phi) is 8.32. The van der Waals surface area contributed by atoms with Crippen LogP contribution in [0, 0.1) is 0 Å². The summed E-state index contributed by atoms with van der Waals surface area (Å²) in [5, 5.41) is 17.9. The van der Waals surface area contributed by atoms with E-state index in [2.05, 4.69) is 0 Å². The minimum Gasteiger partial charge on any atom is -0.464 e. The predicted octanol–water partition coefficient (Wildman–Crippen LogP) is 0.393. The molecule has 0 spiro atoms. The normalized spacial score (nSPS) is 15.6. The van der Waals surface area contributed by atoms with Crippen LogP contribution in [-0.2, 0) is 19.1 Å². The third-order valence-corrected chi connectivity index (χ3v) is 2.34. The standard InChI is InChI=1S/C12H22O6/c1-4-10(18-12(16)9(3)14)6-5-7-17-11(15)8(2)13/h8-10,13-14H,4-7H2,1-3H3. The van der Waals surface area contributed by atoms with Crippen molar-refractivity contribution in [2.45, 2.75) is 58.3 Å². The van der Waals surface area contributed by atoms with Gasteiger partial charge in [0.25, 0.3) is 0 Å². The lowest BCUT2D eigenvalue weighted by Gasteiger charge is -2.17. The van der Waals surface area contributed by atoms with Crippen LogP contribution in [0.4, 0.5) is 0 Å². The molecule has 0 aliphatic heterocycles. The number of rotatable bonds is 8. The Morgan fingerprint density at radius 2 is 1.67 bits per heavy atom. The summed E-state index contributed by atoms with van der Waals surface area (Å²) in [6, 6.07) is 0. The highest BCUT2D eigenvalue weighted by Crippen LogP contribution is 2.08. The first-order valence-electron chi connectivity index (χ1n) is 6.11. The fraction of sp³-hybridized carbons (Fsp3) is 0.833. The molecule has 3 atom stereocenters. The van der Waals surface area contributed by atoms with E-state index in [1.807, 2.05) is 6.92 Å². The smallest absolute Gasteiger partial charge is 0.334 e. The van der Waals surface area contributed by atoms with Crippen LogP contribution in [-0.4, -0.2) is 47.1 Å². The van der Waals surface area contributed by atoms with Crippen molar-refractivity contribution in [1.82, 2.24) is 0 Å². The molecular weight excluding hydrogens is 240 g/mol. The molecule has 2 N–H and O–H groups in total. The van der Waals surface area contributed by atoms with Crippen molar-refractivity contribution in [1.29, 1.82) is 0 Å². The van der Waals surface area contributed by atoms with E-state index >= 15 is 0 Å². The Hall–Kier alpha value is -1.14. The fourth-order valence-electron chi connectivity index (χ4n) is 1.21. The summed E-state index contributed by atoms with van der Waals surface area (Å²) in [4.78, 5) is 22.1. The van der Waals surface area contributed by atoms with Crippen molar-refractivity contribution in [2.75, 3.05) is 6.61 Å². The minimum absolute atomic E-state index is 0.173. The van der Waals surface area contributed by atoms with E-state index in [1.165, 1.54) is 13.8 Å². The number of carbonyl (C=O) groups excluding carboxylic acids is 2. The number of ether oxygens (including phenoxy) is 2. The molecule has 0 aromatic heterocycles. The van der Waals surface area contributed by atoms with Crippen molar-refractivity contribution in [2.24, 2.45) is 0 Å². The van der Waals surface area contributed by atoms with Gasteiger partial charge in [-0.25, -0.2) is 9.59 Å². The molecule has 0 rings (SSSR count). The number of aliphatic hydroxyl groups is 2. The van der Waals surface area contributed by atoms with Crippen LogP contribution in [0.5, 0.6) is 0 Å². The van der Waals surface area contributed by atoms with Crippen molar-refractivity contribution < 1.29 is 29.3 Å². The van der Waals surface area contributed by atoms with Gasteiger partial charge in [-0.2, -0.15) is 0 Å². The molecular formula is C12H22O6. The lowest BCUT2D eigenvalue weighted by molar-refractivity contribution is -0.159. The summed E-state index contributed by atoms with van der Waals surface area (Å²) in [5.74, 6) is -1.31. The second-order valence-corrected chi connectivity index (χ2v) is 4.13. The Morgan fingerprint density at radius 3 is 2.11 bits per heavy atom. The van der Waals surface area contributed by atoms with Crippen LogP contribution in [0.25, 0.3) is 0 Å². The van der Waals surface area contributed by atoms with E-state index < -0.39 is 24.1 Å². The first-order valence-corrected chi connectivity index (χ1v) is 6.11. The largest absolute Gasteiger partial charge is 0.464 e. The summed E-state index contributed by atoms with van der Waals surface area (Å²) < 4.78 is 9.81. The fourth-order valence-corrected chi connectivity index (χ4v) is 1.21. The summed E-state index contributed by atoms with van der Waals surface area (Å²) in [5.41, 5.74) is 0. The molecule has 0 fully saturated rings. The van der Waals surface area contributed by atoms with Crippen LogP contribution in [0.2, 0.25) is 0 Å². The zero-order valence-electron chi connectivity index (χ0n) is 11.1. The van der Waals surface area contributed by atoms with Gasteiger partial charge in [0.05, 0.1) is 6.61 Å². The van der Waals surface area contributed by atoms with Gasteiger partial charge in [-0.05, 0) is 33.1 Å². The maximum absolute atomic E-state index is 11.2. The first-order chi connectivity index (χ1) is 8.38. The van der Waals surface area contributed by atoms with E-state index in [-0.39, 0.29) is 12.7 Å². The second kappa shape index (κ2) is 8.88. The highest BCUT2D eigenvalue weighted by molar-refractivity contribution is 5.74. The van der Waals surface area contributed by atoms with Crippen LogP contribution < -0.4 is 0 Å². The quantitative estimate of drug-likeness (QED) is 0.485. The third kappa shape index (κ3) is 7.24. The number of carbonyl (C=O) groups is 2. The molecule has 6 heteroatoms. The molecule has 0 amide bonds. The van der Waals surface area contributed by atoms with E-state index in [0.29, 0.717) is 19.3 Å². The van der Waals surface area contributed by atoms with E-state index in [4.69, 9.17) is 19.7 Å². The summed E-state index contributed by atoms with van der Waals surface area (Å²) in [6.07, 6.45) is -0.848. The Balaban J connectivity index is 3.81. The van der Waals surface area contributed by atoms with Crippen molar-refractivity contribution >= 4 is 11.9 Å². The number of esters is 2. The van der Waals surface area contributed by atoms with Crippen molar-refractivity contribution in [3.05, 3.63) is 0 Å². The summed E-state index contributed by atoms with van der Waals surface area (Å²) in [6.45, 7) is 4.72. The lowest BCUT2D eigenvalue weighted by atomic mass is 10.1. The molecule has 106 valence electrons. The molecule has 0 aliphatic carbocycles. The van der Waals surface area contributed by atoms with Gasteiger partial charge >= 0.3 is 11.9 Å². The zero-order chi connectivity index (χ0) is 14.1. The molecule has 3 unspecified atom stereocenters. The van der Waals surface area contributed by atoms with Gasteiger partial charge < -0.3 is 19.7 Å². The number of hydrogen-bond donors (Lipinski definition) is 2. The predicted molar refractivity (Wildman–Crippen MR) is 63.7 cm³/mol. The molecule has 0 saturated heterocycles. The molecule has 0 aromatic carbocycles. The molecule has 0 saturated carbocycles. The van der Waals surface area contributed by atoms with E-state index in [0.717, 1.165) is 0 Å². The maximum atomic E-state index is 11.2. The average Bonchev–Trinajstić information content (AvgIpc) is 2.31. The van der Waals surface area contributed by atoms with Crippen molar-refractivity contribution in [3.63, 3.8) is 0 Å². The van der Waals surface area contributed by atoms with Gasteiger partial charge in [-0.15, -0.1) is 0 Å². The Morgan fingerprint density at radius 1 is 1.11 bits per heavy atom. The molecule has 18 heavy (non-hydrogen) atoms. The molecule has 0 bridgehead atoms. The van der Waals surface area contributed by atoms with Crippen LogP contribution in [0.3, 0.4) is 0 Å². The minimum atomic E-state index is -1.13. The maximum Gasteiger partial charge on any atom is 0.334 e. The van der Waals surface area contributed by atoms with Crippen LogP contribution in [0.1, 0.15) is 40.0 Å². The average molecular weight is 262 g/mol. The second-order valence-electron chi connectivity index (χ2n) is 4.13. The third-order valence-electron chi connectivity index (χ3n) is 2.34. The Labute approximate surface area is 107 Å². The van der Waals surface area contributed by atoms with Gasteiger partial charge in [-0.3, -0.25) is 0 Å². The molecule has 0 aliphatic rings. The molecule has 0 aromatic rings. The topological polar surface area (TPSA) is 93.1 Å². The van der Waals surface area contributed by atoms with Gasteiger partial charge in [-0.1, -0.05) is 6.92 Å².